The minimum Gasteiger partial charge on any atom is -1.00 e. The minimum absolute atomic E-state index is 0. The molecule has 1 heterocycles. The maximum absolute atomic E-state index is 12.6. The summed E-state index contributed by atoms with van der Waals surface area (Å²) in [6.45, 7) is 4.09. The topological polar surface area (TPSA) is 91.9 Å². The van der Waals surface area contributed by atoms with E-state index in [9.17, 15) is 13.2 Å². The summed E-state index contributed by atoms with van der Waals surface area (Å²) in [6.07, 6.45) is 3.98. The smallest absolute Gasteiger partial charge is 0.319 e. The van der Waals surface area contributed by atoms with Crippen LogP contribution in [0.25, 0.3) is 0 Å². The van der Waals surface area contributed by atoms with Crippen molar-refractivity contribution in [2.75, 3.05) is 24.2 Å². The number of sulfone groups is 1. The Labute approximate surface area is 212 Å². The lowest BCUT2D eigenvalue weighted by Crippen LogP contribution is -3.00. The number of quaternary nitrogens is 1. The van der Waals surface area contributed by atoms with Crippen molar-refractivity contribution in [2.45, 2.75) is 43.5 Å². The molecule has 10 heteroatoms. The van der Waals surface area contributed by atoms with Crippen LogP contribution in [0.15, 0.2) is 47.4 Å². The first-order valence-electron chi connectivity index (χ1n) is 10.9. The molecular formula is C23H30Cl3N3O3S. The van der Waals surface area contributed by atoms with E-state index in [0.29, 0.717) is 33.6 Å². The van der Waals surface area contributed by atoms with Gasteiger partial charge in [-0.05, 0) is 74.4 Å². The fourth-order valence-corrected chi connectivity index (χ4v) is 5.81. The number of piperidine rings is 1. The zero-order valence-corrected chi connectivity index (χ0v) is 21.6. The van der Waals surface area contributed by atoms with Crippen LogP contribution >= 0.6 is 23.2 Å². The van der Waals surface area contributed by atoms with Crippen LogP contribution in [-0.4, -0.2) is 33.3 Å². The molecule has 3 rings (SSSR count). The molecule has 0 radical (unpaired) electrons. The maximum Gasteiger partial charge on any atom is 0.319 e. The highest BCUT2D eigenvalue weighted by molar-refractivity contribution is 7.91. The fraction of sp³-hybridized carbons (Fsp3) is 0.435. The number of rotatable bonds is 8. The van der Waals surface area contributed by atoms with Gasteiger partial charge in [-0.1, -0.05) is 35.3 Å². The summed E-state index contributed by atoms with van der Waals surface area (Å²) >= 11 is 12.2. The number of carbonyl (C=O) groups excluding carboxylic acids is 1. The van der Waals surface area contributed by atoms with Gasteiger partial charge in [0.25, 0.3) is 0 Å². The number of benzene rings is 2. The number of urea groups is 1. The lowest BCUT2D eigenvalue weighted by molar-refractivity contribution is -0.664. The number of anilines is 1. The third-order valence-electron chi connectivity index (χ3n) is 5.85. The van der Waals surface area contributed by atoms with E-state index in [4.69, 9.17) is 23.2 Å². The summed E-state index contributed by atoms with van der Waals surface area (Å²) in [5.41, 5.74) is 1.21. The minimum atomic E-state index is -3.33. The van der Waals surface area contributed by atoms with Crippen LogP contribution < -0.4 is 28.4 Å². The Morgan fingerprint density at radius 3 is 2.45 bits per heavy atom. The van der Waals surface area contributed by atoms with Crippen LogP contribution in [-0.2, 0) is 9.84 Å². The Bertz CT molecular complexity index is 1030. The van der Waals surface area contributed by atoms with E-state index in [2.05, 4.69) is 16.0 Å². The van der Waals surface area contributed by atoms with E-state index in [-0.39, 0.29) is 29.1 Å². The molecule has 0 unspecified atom stereocenters. The molecule has 0 aromatic heterocycles. The van der Waals surface area contributed by atoms with Crippen LogP contribution in [0.4, 0.5) is 10.5 Å². The van der Waals surface area contributed by atoms with Gasteiger partial charge >= 0.3 is 6.03 Å². The predicted molar refractivity (Wildman–Crippen MR) is 129 cm³/mol. The van der Waals surface area contributed by atoms with Gasteiger partial charge in [0.05, 0.1) is 39.8 Å². The lowest BCUT2D eigenvalue weighted by atomic mass is 9.94. The molecule has 0 spiro atoms. The largest absolute Gasteiger partial charge is 1.00 e. The first kappa shape index (κ1) is 27.7. The van der Waals surface area contributed by atoms with Gasteiger partial charge in [0.2, 0.25) is 0 Å². The van der Waals surface area contributed by atoms with E-state index in [1.807, 2.05) is 0 Å². The lowest BCUT2D eigenvalue weighted by Gasteiger charge is -2.19. The zero-order chi connectivity index (χ0) is 23.1. The second-order valence-corrected chi connectivity index (χ2v) is 11.2. The predicted octanol–water partition coefficient (Wildman–Crippen LogP) is 1.41. The molecule has 1 aliphatic heterocycles. The molecule has 0 bridgehead atoms. The first-order chi connectivity index (χ1) is 15.3. The SMILES string of the molecule is C[C@H](NC(=O)Nc1ccc(S(=O)(=O)CCCC2CC[NH2+]CC2)cc1)c1cccc(Cl)c1Cl.[Cl-]. The van der Waals surface area contributed by atoms with Crippen molar-refractivity contribution < 1.29 is 30.9 Å². The van der Waals surface area contributed by atoms with Crippen LogP contribution in [0.3, 0.4) is 0 Å². The normalized spacial score (nSPS) is 15.4. The number of nitrogens with one attached hydrogen (secondary N) is 2. The molecule has 0 aliphatic carbocycles. The Kier molecular flexibility index (Phi) is 10.8. The van der Waals surface area contributed by atoms with E-state index < -0.39 is 15.9 Å². The molecule has 2 amide bonds. The number of nitrogens with two attached hydrogens (primary N) is 1. The second kappa shape index (κ2) is 12.8. The molecule has 1 fully saturated rings. The molecule has 1 aliphatic rings. The van der Waals surface area contributed by atoms with Gasteiger partial charge in [-0.2, -0.15) is 0 Å². The third kappa shape index (κ3) is 8.04. The van der Waals surface area contributed by atoms with Gasteiger partial charge < -0.3 is 28.4 Å². The molecule has 4 N–H and O–H groups in total. The van der Waals surface area contributed by atoms with Gasteiger partial charge in [-0.25, -0.2) is 13.2 Å². The first-order valence-corrected chi connectivity index (χ1v) is 13.3. The van der Waals surface area contributed by atoms with Crippen molar-refractivity contribution in [1.29, 1.82) is 0 Å². The molecular weight excluding hydrogens is 505 g/mol. The third-order valence-corrected chi connectivity index (χ3v) is 8.50. The summed E-state index contributed by atoms with van der Waals surface area (Å²) in [7, 11) is -3.33. The van der Waals surface area contributed by atoms with Crippen molar-refractivity contribution in [3.63, 3.8) is 0 Å². The maximum atomic E-state index is 12.6. The van der Waals surface area contributed by atoms with Crippen molar-refractivity contribution in [1.82, 2.24) is 5.32 Å². The highest BCUT2D eigenvalue weighted by atomic mass is 35.5. The molecule has 0 saturated carbocycles. The summed E-state index contributed by atoms with van der Waals surface area (Å²) in [6, 6.07) is 10.7. The van der Waals surface area contributed by atoms with Gasteiger partial charge in [-0.3, -0.25) is 0 Å². The second-order valence-electron chi connectivity index (χ2n) is 8.26. The average Bonchev–Trinajstić information content (AvgIpc) is 2.76. The summed E-state index contributed by atoms with van der Waals surface area (Å²) in [5.74, 6) is 0.794. The van der Waals surface area contributed by atoms with Crippen LogP contribution in [0, 0.1) is 5.92 Å². The number of amides is 2. The van der Waals surface area contributed by atoms with Crippen molar-refractivity contribution in [3.8, 4) is 0 Å². The molecule has 182 valence electrons. The number of halogens is 3. The van der Waals surface area contributed by atoms with Crippen molar-refractivity contribution >= 4 is 44.8 Å². The number of carbonyl (C=O) groups is 1. The average molecular weight is 535 g/mol. The van der Waals surface area contributed by atoms with Crippen LogP contribution in [0.1, 0.15) is 44.2 Å². The highest BCUT2D eigenvalue weighted by Crippen LogP contribution is 2.29. The van der Waals surface area contributed by atoms with E-state index in [0.717, 1.165) is 19.5 Å². The fourth-order valence-electron chi connectivity index (χ4n) is 4.01. The van der Waals surface area contributed by atoms with Gasteiger partial charge in [0.15, 0.2) is 9.84 Å². The Hall–Kier alpha value is -1.51. The van der Waals surface area contributed by atoms with E-state index in [1.54, 1.807) is 37.3 Å². The monoisotopic (exact) mass is 533 g/mol. The highest BCUT2D eigenvalue weighted by Gasteiger charge is 2.19. The number of hydrogen-bond acceptors (Lipinski definition) is 3. The van der Waals surface area contributed by atoms with Crippen molar-refractivity contribution in [3.05, 3.63) is 58.1 Å². The summed E-state index contributed by atoms with van der Waals surface area (Å²) in [4.78, 5) is 12.6. The van der Waals surface area contributed by atoms with E-state index >= 15 is 0 Å². The molecule has 1 saturated heterocycles. The zero-order valence-electron chi connectivity index (χ0n) is 18.5. The molecule has 2 aromatic rings. The number of hydrogen-bond donors (Lipinski definition) is 3. The van der Waals surface area contributed by atoms with E-state index in [1.165, 1.54) is 25.0 Å². The van der Waals surface area contributed by atoms with Gasteiger partial charge in [0, 0.05) is 5.69 Å². The van der Waals surface area contributed by atoms with Crippen LogP contribution in [0.5, 0.6) is 0 Å². The van der Waals surface area contributed by atoms with Gasteiger partial charge in [-0.15, -0.1) is 0 Å². The standard InChI is InChI=1S/C23H29Cl2N3O3S.ClH/c1-16(20-5-2-6-21(24)22(20)25)27-23(29)28-18-7-9-19(10-8-18)32(30,31)15-3-4-17-11-13-26-14-12-17;/h2,5-10,16-17,26H,3-4,11-15H2,1H3,(H2,27,28,29);1H/t16-;/m0./s1. The van der Waals surface area contributed by atoms with Crippen molar-refractivity contribution in [2.24, 2.45) is 5.92 Å². The molecule has 2 aromatic carbocycles. The Morgan fingerprint density at radius 2 is 1.79 bits per heavy atom. The summed E-state index contributed by atoms with van der Waals surface area (Å²) < 4.78 is 25.3. The Morgan fingerprint density at radius 1 is 1.12 bits per heavy atom. The molecule has 33 heavy (non-hydrogen) atoms. The van der Waals surface area contributed by atoms with Gasteiger partial charge in [0.1, 0.15) is 0 Å². The van der Waals surface area contributed by atoms with Crippen LogP contribution in [0.2, 0.25) is 10.0 Å². The molecule has 1 atom stereocenters. The quantitative estimate of drug-likeness (QED) is 0.478. The molecule has 6 nitrogen and oxygen atoms in total. The Balaban J connectivity index is 0.00000385. The summed E-state index contributed by atoms with van der Waals surface area (Å²) in [5, 5.41) is 8.66.